The zero-order chi connectivity index (χ0) is 16.2. The van der Waals surface area contributed by atoms with E-state index in [0.29, 0.717) is 17.8 Å². The first kappa shape index (κ1) is 16.0. The average molecular weight is 349 g/mol. The summed E-state index contributed by atoms with van der Waals surface area (Å²) in [6.45, 7) is 6.69. The van der Waals surface area contributed by atoms with Crippen LogP contribution in [0, 0.1) is 0 Å². The Morgan fingerprint density at radius 2 is 2.17 bits per heavy atom. The smallest absolute Gasteiger partial charge is 0.261 e. The van der Waals surface area contributed by atoms with Crippen LogP contribution >= 0.6 is 22.7 Å². The molecule has 0 unspecified atom stereocenters. The lowest BCUT2D eigenvalue weighted by Gasteiger charge is -2.16. The number of nitrogens with one attached hydrogen (secondary N) is 1. The predicted octanol–water partition coefficient (Wildman–Crippen LogP) is 3.77. The summed E-state index contributed by atoms with van der Waals surface area (Å²) in [5, 5.41) is 3.95. The van der Waals surface area contributed by atoms with Crippen LogP contribution in [0.1, 0.15) is 29.3 Å². The first-order valence-corrected chi connectivity index (χ1v) is 9.30. The molecule has 5 nitrogen and oxygen atoms in total. The molecule has 0 saturated carbocycles. The van der Waals surface area contributed by atoms with Crippen molar-refractivity contribution in [2.45, 2.75) is 20.3 Å². The number of hydrogen-bond donors (Lipinski definition) is 1. The standard InChI is InChI=1S/C16H19N3O2S2/c1-3-19(4-2)16-18-15-13(23-16)10-12(22-15)14(20)17-8-7-11-6-5-9-21-11/h5-6,9-10H,3-4,7-8H2,1-2H3,(H,17,20). The summed E-state index contributed by atoms with van der Waals surface area (Å²) >= 11 is 3.09. The topological polar surface area (TPSA) is 58.4 Å². The van der Waals surface area contributed by atoms with Crippen molar-refractivity contribution in [1.29, 1.82) is 0 Å². The second kappa shape index (κ2) is 7.14. The molecule has 3 aromatic rings. The molecule has 3 rings (SSSR count). The van der Waals surface area contributed by atoms with E-state index in [1.54, 1.807) is 17.6 Å². The molecule has 0 saturated heterocycles. The van der Waals surface area contributed by atoms with E-state index in [1.165, 1.54) is 11.3 Å². The number of rotatable bonds is 7. The number of thiophene rings is 1. The van der Waals surface area contributed by atoms with Gasteiger partial charge in [0.1, 0.15) is 10.6 Å². The molecule has 0 atom stereocenters. The highest BCUT2D eigenvalue weighted by molar-refractivity contribution is 7.29. The Hall–Kier alpha value is -1.86. The van der Waals surface area contributed by atoms with Gasteiger partial charge < -0.3 is 14.6 Å². The molecular formula is C16H19N3O2S2. The van der Waals surface area contributed by atoms with E-state index in [0.717, 1.165) is 33.5 Å². The van der Waals surface area contributed by atoms with E-state index in [1.807, 2.05) is 18.2 Å². The number of fused-ring (bicyclic) bond motifs is 1. The minimum atomic E-state index is -0.0452. The first-order valence-electron chi connectivity index (χ1n) is 7.67. The maximum atomic E-state index is 12.2. The van der Waals surface area contributed by atoms with Gasteiger partial charge in [-0.1, -0.05) is 11.3 Å². The number of anilines is 1. The summed E-state index contributed by atoms with van der Waals surface area (Å²) in [4.78, 5) is 20.7. The van der Waals surface area contributed by atoms with Crippen molar-refractivity contribution in [2.24, 2.45) is 0 Å². The van der Waals surface area contributed by atoms with E-state index >= 15 is 0 Å². The normalized spacial score (nSPS) is 11.0. The molecule has 23 heavy (non-hydrogen) atoms. The molecule has 1 amide bonds. The van der Waals surface area contributed by atoms with Crippen molar-refractivity contribution in [3.63, 3.8) is 0 Å². The summed E-state index contributed by atoms with van der Waals surface area (Å²) in [5.74, 6) is 0.833. The van der Waals surface area contributed by atoms with Gasteiger partial charge in [-0.3, -0.25) is 4.79 Å². The zero-order valence-electron chi connectivity index (χ0n) is 13.2. The Balaban J connectivity index is 1.63. The van der Waals surface area contributed by atoms with Crippen molar-refractivity contribution in [3.8, 4) is 0 Å². The van der Waals surface area contributed by atoms with Gasteiger partial charge in [0, 0.05) is 26.1 Å². The molecule has 0 spiro atoms. The lowest BCUT2D eigenvalue weighted by Crippen LogP contribution is -2.24. The van der Waals surface area contributed by atoms with Crippen LogP contribution in [0.4, 0.5) is 5.13 Å². The van der Waals surface area contributed by atoms with Gasteiger partial charge in [-0.05, 0) is 32.0 Å². The quantitative estimate of drug-likeness (QED) is 0.705. The largest absolute Gasteiger partial charge is 0.469 e. The fourth-order valence-electron chi connectivity index (χ4n) is 2.31. The minimum absolute atomic E-state index is 0.0452. The number of carbonyl (C=O) groups excluding carboxylic acids is 1. The fourth-order valence-corrected chi connectivity index (χ4v) is 4.56. The third-order valence-electron chi connectivity index (χ3n) is 3.57. The number of carbonyl (C=O) groups is 1. The number of amides is 1. The predicted molar refractivity (Wildman–Crippen MR) is 95.8 cm³/mol. The second-order valence-electron chi connectivity index (χ2n) is 5.03. The highest BCUT2D eigenvalue weighted by Crippen LogP contribution is 2.34. The Labute approximate surface area is 142 Å². The lowest BCUT2D eigenvalue weighted by atomic mass is 10.3. The summed E-state index contributed by atoms with van der Waals surface area (Å²) in [7, 11) is 0. The van der Waals surface area contributed by atoms with Gasteiger partial charge in [0.15, 0.2) is 5.13 Å². The third-order valence-corrected chi connectivity index (χ3v) is 5.79. The van der Waals surface area contributed by atoms with Crippen molar-refractivity contribution >= 4 is 43.2 Å². The van der Waals surface area contributed by atoms with Crippen LogP contribution in [0.3, 0.4) is 0 Å². The monoisotopic (exact) mass is 349 g/mol. The molecule has 0 aliphatic carbocycles. The minimum Gasteiger partial charge on any atom is -0.469 e. The van der Waals surface area contributed by atoms with Gasteiger partial charge in [-0.15, -0.1) is 11.3 Å². The Morgan fingerprint density at radius 3 is 2.83 bits per heavy atom. The molecule has 0 radical (unpaired) electrons. The summed E-state index contributed by atoms with van der Waals surface area (Å²) < 4.78 is 6.33. The van der Waals surface area contributed by atoms with Gasteiger partial charge >= 0.3 is 0 Å². The van der Waals surface area contributed by atoms with E-state index in [9.17, 15) is 4.79 Å². The van der Waals surface area contributed by atoms with Crippen LogP contribution < -0.4 is 10.2 Å². The van der Waals surface area contributed by atoms with Crippen molar-refractivity contribution in [3.05, 3.63) is 35.1 Å². The molecule has 3 aromatic heterocycles. The maximum absolute atomic E-state index is 12.2. The molecule has 1 N–H and O–H groups in total. The van der Waals surface area contributed by atoms with Gasteiger partial charge in [-0.2, -0.15) is 0 Å². The van der Waals surface area contributed by atoms with Gasteiger partial charge in [0.05, 0.1) is 15.8 Å². The molecule has 0 fully saturated rings. The lowest BCUT2D eigenvalue weighted by molar-refractivity contribution is 0.0958. The molecule has 7 heteroatoms. The van der Waals surface area contributed by atoms with E-state index in [4.69, 9.17) is 4.42 Å². The summed E-state index contributed by atoms with van der Waals surface area (Å²) in [6.07, 6.45) is 2.34. The SMILES string of the molecule is CCN(CC)c1nc2sc(C(=O)NCCc3ccco3)cc2s1. The number of thiazole rings is 1. The van der Waals surface area contributed by atoms with E-state index in [-0.39, 0.29) is 5.91 Å². The van der Waals surface area contributed by atoms with Crippen LogP contribution in [-0.2, 0) is 6.42 Å². The van der Waals surface area contributed by atoms with E-state index in [2.05, 4.69) is 29.0 Å². The number of hydrogen-bond acceptors (Lipinski definition) is 6. The van der Waals surface area contributed by atoms with Gasteiger partial charge in [0.2, 0.25) is 0 Å². The number of aromatic nitrogens is 1. The van der Waals surface area contributed by atoms with Crippen LogP contribution in [0.25, 0.3) is 9.53 Å². The van der Waals surface area contributed by atoms with Crippen LogP contribution in [0.5, 0.6) is 0 Å². The molecule has 0 bridgehead atoms. The fraction of sp³-hybridized carbons (Fsp3) is 0.375. The number of nitrogens with zero attached hydrogens (tertiary/aromatic N) is 2. The molecule has 3 heterocycles. The molecule has 0 aromatic carbocycles. The number of furan rings is 1. The highest BCUT2D eigenvalue weighted by Gasteiger charge is 2.15. The molecular weight excluding hydrogens is 330 g/mol. The zero-order valence-corrected chi connectivity index (χ0v) is 14.8. The van der Waals surface area contributed by atoms with Crippen LogP contribution in [0.2, 0.25) is 0 Å². The summed E-state index contributed by atoms with van der Waals surface area (Å²) in [5.41, 5.74) is 0. The van der Waals surface area contributed by atoms with Crippen LogP contribution in [0.15, 0.2) is 28.9 Å². The summed E-state index contributed by atoms with van der Waals surface area (Å²) in [6, 6.07) is 5.70. The Kier molecular flexibility index (Phi) is 4.97. The highest BCUT2D eigenvalue weighted by atomic mass is 32.1. The average Bonchev–Trinajstić information content (AvgIpc) is 3.24. The molecule has 0 aliphatic rings. The maximum Gasteiger partial charge on any atom is 0.261 e. The van der Waals surface area contributed by atoms with E-state index < -0.39 is 0 Å². The molecule has 122 valence electrons. The van der Waals surface area contributed by atoms with Gasteiger partial charge in [-0.25, -0.2) is 4.98 Å². The Bertz CT molecular complexity index is 741. The third kappa shape index (κ3) is 3.56. The van der Waals surface area contributed by atoms with Gasteiger partial charge in [0.25, 0.3) is 5.91 Å². The van der Waals surface area contributed by atoms with Crippen molar-refractivity contribution in [2.75, 3.05) is 24.5 Å². The van der Waals surface area contributed by atoms with Crippen molar-refractivity contribution < 1.29 is 9.21 Å². The van der Waals surface area contributed by atoms with Crippen molar-refractivity contribution in [1.82, 2.24) is 10.3 Å². The second-order valence-corrected chi connectivity index (χ2v) is 7.07. The first-order chi connectivity index (χ1) is 11.2. The Morgan fingerprint density at radius 1 is 1.35 bits per heavy atom. The van der Waals surface area contributed by atoms with Crippen LogP contribution in [-0.4, -0.2) is 30.5 Å². The molecule has 0 aliphatic heterocycles.